The van der Waals surface area contributed by atoms with E-state index in [4.69, 9.17) is 32.7 Å². The van der Waals surface area contributed by atoms with Crippen molar-refractivity contribution in [3.05, 3.63) is 64.3 Å². The molecule has 2 heterocycles. The monoisotopic (exact) mass is 431 g/mol. The Morgan fingerprint density at radius 2 is 1.90 bits per heavy atom. The molecule has 29 heavy (non-hydrogen) atoms. The van der Waals surface area contributed by atoms with Crippen LogP contribution in [0.1, 0.15) is 10.5 Å². The van der Waals surface area contributed by atoms with Gasteiger partial charge in [-0.3, -0.25) is 0 Å². The summed E-state index contributed by atoms with van der Waals surface area (Å²) in [6, 6.07) is 14.9. The standard InChI is InChI=1S/C21H19Cl2N3O3/c1-28-21(27)18-13-20(26(24-18)19-6-5-15(22)12-17(19)23)14-3-2-4-16(11-14)25-7-9-29-10-8-25/h2-6,11-13H,7-10H2,1H3. The van der Waals surface area contributed by atoms with Crippen LogP contribution in [0.15, 0.2) is 48.5 Å². The van der Waals surface area contributed by atoms with Gasteiger partial charge >= 0.3 is 5.97 Å². The van der Waals surface area contributed by atoms with Gasteiger partial charge in [-0.15, -0.1) is 0 Å². The van der Waals surface area contributed by atoms with Crippen molar-refractivity contribution >= 4 is 34.9 Å². The highest BCUT2D eigenvalue weighted by atomic mass is 35.5. The van der Waals surface area contributed by atoms with Crippen LogP contribution in [0.2, 0.25) is 10.0 Å². The SMILES string of the molecule is COC(=O)c1cc(-c2cccc(N3CCOCC3)c2)n(-c2ccc(Cl)cc2Cl)n1. The summed E-state index contributed by atoms with van der Waals surface area (Å²) in [5.74, 6) is -0.514. The van der Waals surface area contributed by atoms with Crippen LogP contribution in [0.25, 0.3) is 16.9 Å². The molecule has 4 rings (SSSR count). The van der Waals surface area contributed by atoms with E-state index in [1.807, 2.05) is 12.1 Å². The van der Waals surface area contributed by atoms with Crippen LogP contribution in [-0.4, -0.2) is 49.2 Å². The molecule has 8 heteroatoms. The molecule has 0 atom stereocenters. The molecule has 1 aromatic heterocycles. The maximum absolute atomic E-state index is 12.1. The molecular formula is C21H19Cl2N3O3. The summed E-state index contributed by atoms with van der Waals surface area (Å²) in [6.07, 6.45) is 0. The maximum atomic E-state index is 12.1. The average Bonchev–Trinajstić information content (AvgIpc) is 3.19. The second-order valence-electron chi connectivity index (χ2n) is 6.56. The lowest BCUT2D eigenvalue weighted by molar-refractivity contribution is 0.0593. The topological polar surface area (TPSA) is 56.6 Å². The van der Waals surface area contributed by atoms with Gasteiger partial charge in [-0.1, -0.05) is 35.3 Å². The molecule has 0 N–H and O–H groups in total. The predicted molar refractivity (Wildman–Crippen MR) is 113 cm³/mol. The third-order valence-electron chi connectivity index (χ3n) is 4.76. The number of methoxy groups -OCH3 is 1. The molecule has 1 fully saturated rings. The molecule has 1 aliphatic heterocycles. The highest BCUT2D eigenvalue weighted by Crippen LogP contribution is 2.31. The second-order valence-corrected chi connectivity index (χ2v) is 7.41. The Kier molecular flexibility index (Phi) is 5.76. The zero-order chi connectivity index (χ0) is 20.4. The Balaban J connectivity index is 1.82. The first-order chi connectivity index (χ1) is 14.1. The van der Waals surface area contributed by atoms with Gasteiger partial charge in [-0.05, 0) is 36.4 Å². The molecule has 0 spiro atoms. The van der Waals surface area contributed by atoms with Crippen LogP contribution < -0.4 is 4.90 Å². The smallest absolute Gasteiger partial charge is 0.358 e. The number of ether oxygens (including phenoxy) is 2. The number of hydrogen-bond acceptors (Lipinski definition) is 5. The molecule has 1 aliphatic rings. The van der Waals surface area contributed by atoms with Crippen LogP contribution in [0.3, 0.4) is 0 Å². The minimum atomic E-state index is -0.514. The molecule has 150 valence electrons. The number of nitrogens with zero attached hydrogens (tertiary/aromatic N) is 3. The fourth-order valence-electron chi connectivity index (χ4n) is 3.31. The number of carbonyl (C=O) groups excluding carboxylic acids is 1. The van der Waals surface area contributed by atoms with E-state index in [9.17, 15) is 4.79 Å². The number of carbonyl (C=O) groups is 1. The number of hydrogen-bond donors (Lipinski definition) is 0. The molecule has 2 aromatic carbocycles. The van der Waals surface area contributed by atoms with E-state index < -0.39 is 5.97 Å². The molecule has 0 amide bonds. The van der Waals surface area contributed by atoms with E-state index >= 15 is 0 Å². The van der Waals surface area contributed by atoms with Crippen LogP contribution in [0, 0.1) is 0 Å². The first kappa shape index (κ1) is 19.8. The Morgan fingerprint density at radius 3 is 2.62 bits per heavy atom. The fraction of sp³-hybridized carbons (Fsp3) is 0.238. The highest BCUT2D eigenvalue weighted by Gasteiger charge is 2.20. The third kappa shape index (κ3) is 4.10. The minimum Gasteiger partial charge on any atom is -0.464 e. The van der Waals surface area contributed by atoms with Crippen molar-refractivity contribution < 1.29 is 14.3 Å². The molecule has 0 radical (unpaired) electrons. The van der Waals surface area contributed by atoms with Gasteiger partial charge < -0.3 is 14.4 Å². The van der Waals surface area contributed by atoms with Gasteiger partial charge in [0.1, 0.15) is 0 Å². The average molecular weight is 432 g/mol. The van der Waals surface area contributed by atoms with E-state index in [0.717, 1.165) is 30.0 Å². The number of halogens is 2. The molecular weight excluding hydrogens is 413 g/mol. The van der Waals surface area contributed by atoms with Crippen molar-refractivity contribution in [3.8, 4) is 16.9 Å². The molecule has 0 aliphatic carbocycles. The first-order valence-corrected chi connectivity index (χ1v) is 9.89. The molecule has 6 nitrogen and oxygen atoms in total. The Morgan fingerprint density at radius 1 is 1.10 bits per heavy atom. The number of esters is 1. The van der Waals surface area contributed by atoms with Gasteiger partial charge in [0.05, 0.1) is 36.7 Å². The molecule has 3 aromatic rings. The lowest BCUT2D eigenvalue weighted by Gasteiger charge is -2.29. The summed E-state index contributed by atoms with van der Waals surface area (Å²) in [7, 11) is 1.33. The van der Waals surface area contributed by atoms with Crippen LogP contribution in [0.5, 0.6) is 0 Å². The zero-order valence-corrected chi connectivity index (χ0v) is 17.3. The third-order valence-corrected chi connectivity index (χ3v) is 5.30. The van der Waals surface area contributed by atoms with Gasteiger partial charge in [0.15, 0.2) is 5.69 Å². The fourth-order valence-corrected chi connectivity index (χ4v) is 3.80. The van der Waals surface area contributed by atoms with E-state index in [2.05, 4.69) is 22.1 Å². The molecule has 0 unspecified atom stereocenters. The van der Waals surface area contributed by atoms with E-state index in [-0.39, 0.29) is 5.69 Å². The molecule has 0 saturated carbocycles. The summed E-state index contributed by atoms with van der Waals surface area (Å²) in [5.41, 5.74) is 3.54. The summed E-state index contributed by atoms with van der Waals surface area (Å²) >= 11 is 12.5. The number of anilines is 1. The predicted octanol–water partition coefficient (Wildman–Crippen LogP) is 4.47. The number of benzene rings is 2. The minimum absolute atomic E-state index is 0.199. The maximum Gasteiger partial charge on any atom is 0.358 e. The quantitative estimate of drug-likeness (QED) is 0.570. The number of rotatable bonds is 4. The largest absolute Gasteiger partial charge is 0.464 e. The normalized spacial score (nSPS) is 14.1. The van der Waals surface area contributed by atoms with Crippen LogP contribution >= 0.6 is 23.2 Å². The lowest BCUT2D eigenvalue weighted by Crippen LogP contribution is -2.36. The van der Waals surface area contributed by atoms with E-state index in [1.54, 1.807) is 28.9 Å². The van der Waals surface area contributed by atoms with Gasteiger partial charge in [-0.25, -0.2) is 9.48 Å². The van der Waals surface area contributed by atoms with Crippen LogP contribution in [0.4, 0.5) is 5.69 Å². The van der Waals surface area contributed by atoms with E-state index in [1.165, 1.54) is 7.11 Å². The molecule has 1 saturated heterocycles. The zero-order valence-electron chi connectivity index (χ0n) is 15.8. The van der Waals surface area contributed by atoms with Crippen molar-refractivity contribution in [1.82, 2.24) is 9.78 Å². The van der Waals surface area contributed by atoms with Gasteiger partial charge in [0.2, 0.25) is 0 Å². The van der Waals surface area contributed by atoms with Crippen molar-refractivity contribution in [2.45, 2.75) is 0 Å². The lowest BCUT2D eigenvalue weighted by atomic mass is 10.1. The summed E-state index contributed by atoms with van der Waals surface area (Å²) in [5, 5.41) is 5.40. The van der Waals surface area contributed by atoms with Crippen LogP contribution in [-0.2, 0) is 9.47 Å². The Hall–Kier alpha value is -2.54. The van der Waals surface area contributed by atoms with Gasteiger partial charge in [0.25, 0.3) is 0 Å². The first-order valence-electron chi connectivity index (χ1n) is 9.14. The Labute approximate surface area is 178 Å². The summed E-state index contributed by atoms with van der Waals surface area (Å²) in [4.78, 5) is 14.4. The van der Waals surface area contributed by atoms with Crippen molar-refractivity contribution in [2.75, 3.05) is 38.3 Å². The highest BCUT2D eigenvalue weighted by molar-refractivity contribution is 6.35. The Bertz CT molecular complexity index is 1050. The van der Waals surface area contributed by atoms with Crippen molar-refractivity contribution in [1.29, 1.82) is 0 Å². The number of aromatic nitrogens is 2. The molecule has 0 bridgehead atoms. The van der Waals surface area contributed by atoms with Gasteiger partial charge in [-0.2, -0.15) is 5.10 Å². The van der Waals surface area contributed by atoms with Crippen molar-refractivity contribution in [2.24, 2.45) is 0 Å². The summed E-state index contributed by atoms with van der Waals surface area (Å²) < 4.78 is 11.9. The van der Waals surface area contributed by atoms with Crippen molar-refractivity contribution in [3.63, 3.8) is 0 Å². The number of morpholine rings is 1. The second kappa shape index (κ2) is 8.45. The summed E-state index contributed by atoms with van der Waals surface area (Å²) in [6.45, 7) is 3.07. The van der Waals surface area contributed by atoms with E-state index in [0.29, 0.717) is 28.9 Å². The van der Waals surface area contributed by atoms with Gasteiger partial charge in [0, 0.05) is 29.4 Å².